The third-order valence-electron chi connectivity index (χ3n) is 3.15. The number of ether oxygens (including phenoxy) is 1. The van der Waals surface area contributed by atoms with Gasteiger partial charge in [0, 0.05) is 18.3 Å². The van der Waals surface area contributed by atoms with Crippen LogP contribution < -0.4 is 10.2 Å². The van der Waals surface area contributed by atoms with Crippen molar-refractivity contribution in [2.24, 2.45) is 5.10 Å². The molecule has 0 saturated heterocycles. The highest BCUT2D eigenvalue weighted by atomic mass is 16.6. The van der Waals surface area contributed by atoms with Crippen LogP contribution in [0.5, 0.6) is 5.75 Å². The van der Waals surface area contributed by atoms with E-state index in [-0.39, 0.29) is 5.69 Å². The third-order valence-corrected chi connectivity index (χ3v) is 3.15. The summed E-state index contributed by atoms with van der Waals surface area (Å²) in [7, 11) is 0. The van der Waals surface area contributed by atoms with Crippen molar-refractivity contribution in [3.63, 3.8) is 0 Å². The summed E-state index contributed by atoms with van der Waals surface area (Å²) in [6.07, 6.45) is 4.23. The lowest BCUT2D eigenvalue weighted by molar-refractivity contribution is -0.384. The minimum absolute atomic E-state index is 0.0424. The van der Waals surface area contributed by atoms with Crippen LogP contribution in [0.1, 0.15) is 12.5 Å². The number of nitro benzene ring substituents is 1. The van der Waals surface area contributed by atoms with E-state index in [9.17, 15) is 14.9 Å². The molecule has 0 aromatic heterocycles. The van der Waals surface area contributed by atoms with E-state index < -0.39 is 16.9 Å². The third kappa shape index (κ3) is 5.91. The van der Waals surface area contributed by atoms with E-state index >= 15 is 0 Å². The van der Waals surface area contributed by atoms with Gasteiger partial charge in [0.1, 0.15) is 5.75 Å². The number of nitrogens with zero attached hydrogens (tertiary/aromatic N) is 2. The second-order valence-corrected chi connectivity index (χ2v) is 5.04. The molecule has 1 amide bonds. The van der Waals surface area contributed by atoms with E-state index in [1.807, 2.05) is 36.4 Å². The molecule has 0 fully saturated rings. The molecule has 0 aliphatic heterocycles. The van der Waals surface area contributed by atoms with Gasteiger partial charge in [0.2, 0.25) is 0 Å². The maximum atomic E-state index is 11.9. The lowest BCUT2D eigenvalue weighted by atomic mass is 10.2. The molecule has 1 N–H and O–H groups in total. The highest BCUT2D eigenvalue weighted by Gasteiger charge is 2.14. The first kappa shape index (κ1) is 17.9. The van der Waals surface area contributed by atoms with Gasteiger partial charge in [-0.1, -0.05) is 36.4 Å². The van der Waals surface area contributed by atoms with Crippen molar-refractivity contribution in [1.29, 1.82) is 0 Å². The zero-order valence-corrected chi connectivity index (χ0v) is 13.5. The zero-order chi connectivity index (χ0) is 18.1. The van der Waals surface area contributed by atoms with E-state index in [2.05, 4.69) is 10.5 Å². The number of allylic oxidation sites excluding steroid dienone is 1. The Morgan fingerprint density at radius 1 is 1.20 bits per heavy atom. The standard InChI is InChI=1S/C18H17N3O4/c1-14(25-17-11-9-16(10-12-17)21(23)24)18(22)20-19-13-5-8-15-6-3-2-4-7-15/h2-14H,1H3,(H,20,22). The Kier molecular flexibility index (Phi) is 6.41. The SMILES string of the molecule is CC(Oc1ccc([N+](=O)[O-])cc1)C(=O)NN=CC=Cc1ccccc1. The molecule has 25 heavy (non-hydrogen) atoms. The largest absolute Gasteiger partial charge is 0.481 e. The number of hydrazone groups is 1. The average Bonchev–Trinajstić information content (AvgIpc) is 2.62. The lowest BCUT2D eigenvalue weighted by Crippen LogP contribution is -2.33. The summed E-state index contributed by atoms with van der Waals surface area (Å²) in [6, 6.07) is 15.2. The number of carbonyl (C=O) groups excluding carboxylic acids is 1. The van der Waals surface area contributed by atoms with Crippen LogP contribution in [0.3, 0.4) is 0 Å². The van der Waals surface area contributed by atoms with Gasteiger partial charge in [-0.2, -0.15) is 5.10 Å². The fourth-order valence-corrected chi connectivity index (χ4v) is 1.86. The number of nitrogens with one attached hydrogen (secondary N) is 1. The molecular formula is C18H17N3O4. The van der Waals surface area contributed by atoms with E-state index in [0.29, 0.717) is 5.75 Å². The van der Waals surface area contributed by atoms with E-state index in [4.69, 9.17) is 4.74 Å². The van der Waals surface area contributed by atoms with Crippen molar-refractivity contribution in [3.05, 3.63) is 76.4 Å². The number of hydrogen-bond donors (Lipinski definition) is 1. The summed E-state index contributed by atoms with van der Waals surface area (Å²) in [5.41, 5.74) is 3.35. The van der Waals surface area contributed by atoms with Crippen LogP contribution >= 0.6 is 0 Å². The first-order chi connectivity index (χ1) is 12.1. The number of non-ortho nitro benzene ring substituents is 1. The number of benzene rings is 2. The van der Waals surface area contributed by atoms with Crippen LogP contribution in [0.15, 0.2) is 65.8 Å². The minimum Gasteiger partial charge on any atom is -0.481 e. The molecule has 7 heteroatoms. The molecule has 0 spiro atoms. The van der Waals surface area contributed by atoms with Gasteiger partial charge in [-0.05, 0) is 30.7 Å². The average molecular weight is 339 g/mol. The quantitative estimate of drug-likeness (QED) is 0.476. The van der Waals surface area contributed by atoms with Crippen molar-refractivity contribution >= 4 is 23.9 Å². The second-order valence-electron chi connectivity index (χ2n) is 5.04. The molecule has 1 unspecified atom stereocenters. The Hall–Kier alpha value is -3.48. The van der Waals surface area contributed by atoms with Gasteiger partial charge in [0.15, 0.2) is 6.10 Å². The Balaban J connectivity index is 1.80. The highest BCUT2D eigenvalue weighted by Crippen LogP contribution is 2.18. The molecule has 0 aliphatic carbocycles. The van der Waals surface area contributed by atoms with Crippen LogP contribution in [-0.4, -0.2) is 23.1 Å². The summed E-state index contributed by atoms with van der Waals surface area (Å²) in [6.45, 7) is 1.56. The topological polar surface area (TPSA) is 93.8 Å². The van der Waals surface area contributed by atoms with Crippen molar-refractivity contribution < 1.29 is 14.5 Å². The second kappa shape index (κ2) is 8.97. The van der Waals surface area contributed by atoms with Crippen LogP contribution in [0.2, 0.25) is 0 Å². The van der Waals surface area contributed by atoms with Crippen molar-refractivity contribution in [3.8, 4) is 5.75 Å². The highest BCUT2D eigenvalue weighted by molar-refractivity contribution is 5.83. The monoisotopic (exact) mass is 339 g/mol. The number of amides is 1. The van der Waals surface area contributed by atoms with Gasteiger partial charge in [0.25, 0.3) is 11.6 Å². The summed E-state index contributed by atoms with van der Waals surface area (Å²) in [4.78, 5) is 22.0. The predicted octanol–water partition coefficient (Wildman–Crippen LogP) is 3.18. The van der Waals surface area contributed by atoms with Gasteiger partial charge in [0.05, 0.1) is 4.92 Å². The first-order valence-electron chi connectivity index (χ1n) is 7.52. The van der Waals surface area contributed by atoms with Gasteiger partial charge < -0.3 is 4.74 Å². The molecule has 0 saturated carbocycles. The van der Waals surface area contributed by atoms with Crippen LogP contribution in [-0.2, 0) is 4.79 Å². The molecular weight excluding hydrogens is 322 g/mol. The molecule has 128 valence electrons. The van der Waals surface area contributed by atoms with E-state index in [1.165, 1.54) is 30.5 Å². The minimum atomic E-state index is -0.795. The van der Waals surface area contributed by atoms with Gasteiger partial charge in [-0.25, -0.2) is 5.43 Å². The molecule has 0 bridgehead atoms. The Morgan fingerprint density at radius 2 is 1.88 bits per heavy atom. The van der Waals surface area contributed by atoms with Gasteiger partial charge >= 0.3 is 0 Å². The zero-order valence-electron chi connectivity index (χ0n) is 13.5. The number of hydrogen-bond acceptors (Lipinski definition) is 5. The Labute approximate surface area is 144 Å². The van der Waals surface area contributed by atoms with Gasteiger partial charge in [-0.15, -0.1) is 0 Å². The maximum absolute atomic E-state index is 11.9. The summed E-state index contributed by atoms with van der Waals surface area (Å²) in [5, 5.41) is 14.4. The predicted molar refractivity (Wildman–Crippen MR) is 95.3 cm³/mol. The maximum Gasteiger partial charge on any atom is 0.280 e. The fraction of sp³-hybridized carbons (Fsp3) is 0.111. The van der Waals surface area contributed by atoms with E-state index in [1.54, 1.807) is 13.0 Å². The Morgan fingerprint density at radius 3 is 2.52 bits per heavy atom. The molecule has 0 radical (unpaired) electrons. The van der Waals surface area contributed by atoms with Crippen molar-refractivity contribution in [1.82, 2.24) is 5.43 Å². The van der Waals surface area contributed by atoms with Crippen LogP contribution in [0.4, 0.5) is 5.69 Å². The number of rotatable bonds is 7. The molecule has 2 aromatic carbocycles. The smallest absolute Gasteiger partial charge is 0.280 e. The normalized spacial score (nSPS) is 12.2. The fourth-order valence-electron chi connectivity index (χ4n) is 1.86. The molecule has 2 rings (SSSR count). The number of nitro groups is 1. The summed E-state index contributed by atoms with van der Waals surface area (Å²) in [5.74, 6) is -0.0658. The Bertz CT molecular complexity index is 771. The van der Waals surface area contributed by atoms with Crippen LogP contribution in [0, 0.1) is 10.1 Å². The number of carbonyl (C=O) groups is 1. The molecule has 0 aliphatic rings. The molecule has 2 aromatic rings. The van der Waals surface area contributed by atoms with E-state index in [0.717, 1.165) is 5.56 Å². The summed E-state index contributed by atoms with van der Waals surface area (Å²) < 4.78 is 5.41. The van der Waals surface area contributed by atoms with Crippen LogP contribution in [0.25, 0.3) is 6.08 Å². The first-order valence-corrected chi connectivity index (χ1v) is 7.52. The molecule has 7 nitrogen and oxygen atoms in total. The van der Waals surface area contributed by atoms with Crippen molar-refractivity contribution in [2.45, 2.75) is 13.0 Å². The molecule has 1 atom stereocenters. The van der Waals surface area contributed by atoms with Gasteiger partial charge in [-0.3, -0.25) is 14.9 Å². The lowest BCUT2D eigenvalue weighted by Gasteiger charge is -2.12. The van der Waals surface area contributed by atoms with Crippen molar-refractivity contribution in [2.75, 3.05) is 0 Å². The summed E-state index contributed by atoms with van der Waals surface area (Å²) >= 11 is 0. The molecule has 0 heterocycles.